The second-order valence-electron chi connectivity index (χ2n) is 12.0. The molecule has 1 heterocycles. The molecule has 1 aromatic rings. The van der Waals surface area contributed by atoms with E-state index in [1.54, 1.807) is 58.5 Å². The molecular weight excluding hydrogens is 642 g/mol. The van der Waals surface area contributed by atoms with Gasteiger partial charge in [-0.2, -0.15) is 11.8 Å². The predicted octanol–water partition coefficient (Wildman–Crippen LogP) is 1.95. The van der Waals surface area contributed by atoms with Gasteiger partial charge in [-0.05, 0) is 55.6 Å². The molecule has 1 unspecified atom stereocenters. The maximum absolute atomic E-state index is 13.4. The smallest absolute Gasteiger partial charge is 0.409 e. The Hall–Kier alpha value is -4.34. The summed E-state index contributed by atoms with van der Waals surface area (Å²) in [6, 6.07) is 4.06. The summed E-state index contributed by atoms with van der Waals surface area (Å²) < 4.78 is 5.16. The molecule has 0 aliphatic carbocycles. The SMILES string of the molecule is CSC1CC(=O)N(CCCCCC(=O)N[C@H](C(=O)N[C@@H](CCCNC(N)=O)C(=O)Nc2ccc(COC(=O)N(C)C)cc2)C(C)C)C1=O. The number of ether oxygens (including phenoxy) is 1. The van der Waals surface area contributed by atoms with Gasteiger partial charge in [-0.25, -0.2) is 9.59 Å². The van der Waals surface area contributed by atoms with Crippen molar-refractivity contribution in [2.75, 3.05) is 38.8 Å². The molecule has 266 valence electrons. The van der Waals surface area contributed by atoms with Gasteiger partial charge >= 0.3 is 12.1 Å². The molecule has 1 fully saturated rings. The first-order valence-electron chi connectivity index (χ1n) is 16.0. The molecule has 0 radical (unpaired) electrons. The average Bonchev–Trinajstić information content (AvgIpc) is 3.31. The molecule has 8 amide bonds. The Morgan fingerprint density at radius 1 is 1.00 bits per heavy atom. The van der Waals surface area contributed by atoms with Gasteiger partial charge in [-0.1, -0.05) is 32.4 Å². The van der Waals surface area contributed by atoms with Gasteiger partial charge in [0.25, 0.3) is 0 Å². The monoisotopic (exact) mass is 691 g/mol. The summed E-state index contributed by atoms with van der Waals surface area (Å²) in [5.41, 5.74) is 6.30. The molecular formula is C32H49N7O8S. The number of amides is 8. The largest absolute Gasteiger partial charge is 0.445 e. The third-order valence-electron chi connectivity index (χ3n) is 7.59. The van der Waals surface area contributed by atoms with Gasteiger partial charge in [0.15, 0.2) is 0 Å². The van der Waals surface area contributed by atoms with Crippen molar-refractivity contribution in [3.63, 3.8) is 0 Å². The highest BCUT2D eigenvalue weighted by Crippen LogP contribution is 2.23. The zero-order valence-corrected chi connectivity index (χ0v) is 29.2. The van der Waals surface area contributed by atoms with Crippen molar-refractivity contribution in [2.24, 2.45) is 11.7 Å². The van der Waals surface area contributed by atoms with Gasteiger partial charge in [0, 0.05) is 45.7 Å². The van der Waals surface area contributed by atoms with Gasteiger partial charge < -0.3 is 36.6 Å². The number of nitrogens with one attached hydrogen (secondary N) is 4. The zero-order chi connectivity index (χ0) is 35.8. The normalized spacial score (nSPS) is 15.5. The van der Waals surface area contributed by atoms with E-state index in [1.165, 1.54) is 21.6 Å². The molecule has 1 saturated heterocycles. The van der Waals surface area contributed by atoms with Gasteiger partial charge in [-0.3, -0.25) is 28.9 Å². The fourth-order valence-corrected chi connectivity index (χ4v) is 5.46. The van der Waals surface area contributed by atoms with Crippen LogP contribution in [0, 0.1) is 5.92 Å². The molecule has 0 saturated carbocycles. The van der Waals surface area contributed by atoms with Crippen LogP contribution in [0.4, 0.5) is 15.3 Å². The van der Waals surface area contributed by atoms with E-state index in [9.17, 15) is 33.6 Å². The van der Waals surface area contributed by atoms with E-state index in [0.29, 0.717) is 43.5 Å². The maximum atomic E-state index is 13.4. The minimum absolute atomic E-state index is 0.0540. The lowest BCUT2D eigenvalue weighted by atomic mass is 10.0. The highest BCUT2D eigenvalue weighted by atomic mass is 32.2. The molecule has 6 N–H and O–H groups in total. The maximum Gasteiger partial charge on any atom is 0.409 e. The van der Waals surface area contributed by atoms with Crippen molar-refractivity contribution in [2.45, 2.75) is 82.7 Å². The van der Waals surface area contributed by atoms with Crippen molar-refractivity contribution < 1.29 is 38.3 Å². The molecule has 1 aliphatic rings. The Morgan fingerprint density at radius 3 is 2.27 bits per heavy atom. The molecule has 3 atom stereocenters. The summed E-state index contributed by atoms with van der Waals surface area (Å²) in [6.07, 6.45) is 3.91. The number of primary amides is 1. The molecule has 1 aliphatic heterocycles. The molecule has 0 bridgehead atoms. The van der Waals surface area contributed by atoms with Crippen LogP contribution in [0.3, 0.4) is 0 Å². The summed E-state index contributed by atoms with van der Waals surface area (Å²) in [6.45, 7) is 4.12. The second kappa shape index (κ2) is 20.1. The third-order valence-corrected chi connectivity index (χ3v) is 8.53. The minimum atomic E-state index is -0.993. The van der Waals surface area contributed by atoms with Crippen molar-refractivity contribution in [1.82, 2.24) is 25.8 Å². The third kappa shape index (κ3) is 13.4. The number of benzene rings is 1. The fraction of sp³-hybridized carbons (Fsp3) is 0.594. The predicted molar refractivity (Wildman–Crippen MR) is 182 cm³/mol. The Kier molecular flexibility index (Phi) is 16.7. The van der Waals surface area contributed by atoms with Crippen molar-refractivity contribution in [3.05, 3.63) is 29.8 Å². The van der Waals surface area contributed by atoms with E-state index < -0.39 is 36.0 Å². The summed E-state index contributed by atoms with van der Waals surface area (Å²) in [4.78, 5) is 89.2. The number of likely N-dealkylation sites (tertiary alicyclic amines) is 1. The van der Waals surface area contributed by atoms with E-state index in [2.05, 4.69) is 21.3 Å². The summed E-state index contributed by atoms with van der Waals surface area (Å²) in [5, 5.41) is 10.4. The topological polar surface area (TPSA) is 209 Å². The van der Waals surface area contributed by atoms with E-state index in [0.717, 1.165) is 0 Å². The highest BCUT2D eigenvalue weighted by molar-refractivity contribution is 8.00. The number of hydrogen-bond acceptors (Lipinski definition) is 9. The zero-order valence-electron chi connectivity index (χ0n) is 28.3. The molecule has 0 spiro atoms. The van der Waals surface area contributed by atoms with Crippen LogP contribution < -0.4 is 27.0 Å². The van der Waals surface area contributed by atoms with Crippen LogP contribution in [0.2, 0.25) is 0 Å². The summed E-state index contributed by atoms with van der Waals surface area (Å²) in [7, 11) is 3.15. The average molecular weight is 692 g/mol. The first kappa shape index (κ1) is 39.8. The number of thioether (sulfide) groups is 1. The summed E-state index contributed by atoms with van der Waals surface area (Å²) >= 11 is 1.37. The Bertz CT molecular complexity index is 1290. The Morgan fingerprint density at radius 2 is 1.69 bits per heavy atom. The number of unbranched alkanes of at least 4 members (excludes halogenated alkanes) is 2. The summed E-state index contributed by atoms with van der Waals surface area (Å²) in [5.74, 6) is -1.99. The van der Waals surface area contributed by atoms with Crippen LogP contribution in [0.25, 0.3) is 0 Å². The van der Waals surface area contributed by atoms with Gasteiger partial charge in [0.05, 0.1) is 5.25 Å². The van der Waals surface area contributed by atoms with Crippen molar-refractivity contribution in [1.29, 1.82) is 0 Å². The number of rotatable bonds is 19. The van der Waals surface area contributed by atoms with Crippen LogP contribution in [-0.2, 0) is 35.3 Å². The van der Waals surface area contributed by atoms with E-state index in [-0.39, 0.29) is 61.3 Å². The fourth-order valence-electron chi connectivity index (χ4n) is 4.82. The number of nitrogens with zero attached hydrogens (tertiary/aromatic N) is 2. The molecule has 15 nitrogen and oxygen atoms in total. The molecule has 1 aromatic carbocycles. The number of imide groups is 1. The van der Waals surface area contributed by atoms with E-state index in [1.807, 2.05) is 0 Å². The van der Waals surface area contributed by atoms with Gasteiger partial charge in [0.2, 0.25) is 29.5 Å². The van der Waals surface area contributed by atoms with Crippen LogP contribution in [-0.4, -0.2) is 102 Å². The molecule has 2 rings (SSSR count). The van der Waals surface area contributed by atoms with E-state index in [4.69, 9.17) is 10.5 Å². The number of anilines is 1. The van der Waals surface area contributed by atoms with Crippen LogP contribution in [0.5, 0.6) is 0 Å². The number of carbonyl (C=O) groups is 7. The lowest BCUT2D eigenvalue weighted by molar-refractivity contribution is -0.138. The van der Waals surface area contributed by atoms with Crippen LogP contribution in [0.15, 0.2) is 24.3 Å². The number of hydrogen-bond donors (Lipinski definition) is 5. The second-order valence-corrected chi connectivity index (χ2v) is 13.1. The minimum Gasteiger partial charge on any atom is -0.445 e. The number of nitrogens with two attached hydrogens (primary N) is 1. The molecule has 0 aromatic heterocycles. The van der Waals surface area contributed by atoms with Crippen LogP contribution in [0.1, 0.15) is 64.4 Å². The Balaban J connectivity index is 1.94. The number of urea groups is 1. The lowest BCUT2D eigenvalue weighted by Gasteiger charge is -2.25. The standard InChI is InChI=1S/C32H49N7O8S/c1-20(2)27(37-25(40)11-7-6-8-17-39-26(41)18-24(48-5)30(39)44)29(43)36-23(10-9-16-34-31(33)45)28(42)35-22-14-12-21(13-15-22)19-47-32(46)38(3)4/h12-15,20,23-24,27H,6-11,16-19H2,1-5H3,(H,35,42)(H,36,43)(H,37,40)(H3,33,34,45)/t23-,24?,27-/m0/s1. The van der Waals surface area contributed by atoms with E-state index >= 15 is 0 Å². The Labute approximate surface area is 285 Å². The first-order valence-corrected chi connectivity index (χ1v) is 17.3. The lowest BCUT2D eigenvalue weighted by Crippen LogP contribution is -2.54. The van der Waals surface area contributed by atoms with Crippen LogP contribution >= 0.6 is 11.8 Å². The first-order chi connectivity index (χ1) is 22.7. The van der Waals surface area contributed by atoms with Gasteiger partial charge in [-0.15, -0.1) is 0 Å². The van der Waals surface area contributed by atoms with Crippen molar-refractivity contribution >= 4 is 59.1 Å². The van der Waals surface area contributed by atoms with Gasteiger partial charge in [0.1, 0.15) is 18.7 Å². The van der Waals surface area contributed by atoms with Crippen molar-refractivity contribution in [3.8, 4) is 0 Å². The molecule has 16 heteroatoms. The number of carbonyl (C=O) groups excluding carboxylic acids is 7. The highest BCUT2D eigenvalue weighted by Gasteiger charge is 2.37. The quantitative estimate of drug-likeness (QED) is 0.106. The molecule has 48 heavy (non-hydrogen) atoms.